The molecule has 0 radical (unpaired) electrons. The van der Waals surface area contributed by atoms with Crippen molar-refractivity contribution in [2.24, 2.45) is 5.92 Å². The van der Waals surface area contributed by atoms with Gasteiger partial charge in [-0.3, -0.25) is 0 Å². The van der Waals surface area contributed by atoms with Crippen molar-refractivity contribution in [1.82, 2.24) is 5.32 Å². The number of hydrogen-bond donors (Lipinski definition) is 1. The highest BCUT2D eigenvalue weighted by molar-refractivity contribution is 6.33. The van der Waals surface area contributed by atoms with Gasteiger partial charge >= 0.3 is 0 Å². The highest BCUT2D eigenvalue weighted by atomic mass is 35.5. The van der Waals surface area contributed by atoms with Gasteiger partial charge in [-0.05, 0) is 24.5 Å². The summed E-state index contributed by atoms with van der Waals surface area (Å²) < 4.78 is 0. The molecule has 1 N–H and O–H groups in total. The molecule has 18 heavy (non-hydrogen) atoms. The van der Waals surface area contributed by atoms with E-state index in [1.165, 1.54) is 17.7 Å². The molecule has 1 aliphatic heterocycles. The molecule has 1 aliphatic rings. The van der Waals surface area contributed by atoms with E-state index in [1.54, 1.807) is 0 Å². The fraction of sp³-hybridized carbons (Fsp3) is 0.600. The van der Waals surface area contributed by atoms with Gasteiger partial charge in [-0.25, -0.2) is 0 Å². The first-order valence-electron chi connectivity index (χ1n) is 6.87. The van der Waals surface area contributed by atoms with Gasteiger partial charge in [0.2, 0.25) is 0 Å². The lowest BCUT2D eigenvalue weighted by Crippen LogP contribution is -2.53. The van der Waals surface area contributed by atoms with E-state index in [4.69, 9.17) is 11.6 Å². The molecule has 2 rings (SSSR count). The molecule has 0 amide bonds. The van der Waals surface area contributed by atoms with Gasteiger partial charge in [0.05, 0.1) is 10.7 Å². The highest BCUT2D eigenvalue weighted by Crippen LogP contribution is 2.30. The van der Waals surface area contributed by atoms with Crippen LogP contribution in [-0.4, -0.2) is 25.7 Å². The molecule has 0 bridgehead atoms. The van der Waals surface area contributed by atoms with Gasteiger partial charge in [-0.2, -0.15) is 0 Å². The van der Waals surface area contributed by atoms with Crippen LogP contribution >= 0.6 is 11.6 Å². The normalized spacial score (nSPS) is 22.0. The molecule has 2 nitrogen and oxygen atoms in total. The third-order valence-electron chi connectivity index (χ3n) is 4.04. The number of anilines is 1. The second-order valence-corrected chi connectivity index (χ2v) is 5.70. The molecule has 3 heteroatoms. The number of aryl methyl sites for hydroxylation is 1. The number of halogens is 1. The number of hydrogen-bond acceptors (Lipinski definition) is 2. The van der Waals surface area contributed by atoms with Crippen molar-refractivity contribution < 1.29 is 0 Å². The second kappa shape index (κ2) is 5.94. The van der Waals surface area contributed by atoms with Gasteiger partial charge in [-0.1, -0.05) is 44.0 Å². The topological polar surface area (TPSA) is 15.3 Å². The zero-order chi connectivity index (χ0) is 13.1. The van der Waals surface area contributed by atoms with E-state index in [1.807, 2.05) is 12.1 Å². The molecule has 1 aromatic rings. The van der Waals surface area contributed by atoms with Crippen molar-refractivity contribution in [2.45, 2.75) is 33.2 Å². The average Bonchev–Trinajstić information content (AvgIpc) is 2.38. The predicted molar refractivity (Wildman–Crippen MR) is 79.6 cm³/mol. The van der Waals surface area contributed by atoms with Gasteiger partial charge in [-0.15, -0.1) is 0 Å². The first-order chi connectivity index (χ1) is 8.63. The maximum Gasteiger partial charge on any atom is 0.0642 e. The summed E-state index contributed by atoms with van der Waals surface area (Å²) in [5.41, 5.74) is 2.49. The summed E-state index contributed by atoms with van der Waals surface area (Å²) in [6.07, 6.45) is 1.22. The van der Waals surface area contributed by atoms with E-state index >= 15 is 0 Å². The average molecular weight is 267 g/mol. The number of para-hydroxylation sites is 1. The van der Waals surface area contributed by atoms with Crippen LogP contribution in [-0.2, 0) is 0 Å². The Morgan fingerprint density at radius 1 is 1.50 bits per heavy atom. The van der Waals surface area contributed by atoms with Crippen LogP contribution in [0.25, 0.3) is 0 Å². The zero-order valence-corrected chi connectivity index (χ0v) is 12.3. The minimum Gasteiger partial charge on any atom is -0.367 e. The van der Waals surface area contributed by atoms with Crippen LogP contribution in [0, 0.1) is 12.8 Å². The SMILES string of the molecule is CCC(C)C1CN(c2c(C)cccc2Cl)CCN1. The molecule has 2 unspecified atom stereocenters. The van der Waals surface area contributed by atoms with E-state index in [-0.39, 0.29) is 0 Å². The van der Waals surface area contributed by atoms with Crippen LogP contribution in [0.5, 0.6) is 0 Å². The number of piperazine rings is 1. The Labute approximate surface area is 115 Å². The molecule has 2 atom stereocenters. The Morgan fingerprint density at radius 3 is 2.94 bits per heavy atom. The molecule has 0 aromatic heterocycles. The molecule has 0 aliphatic carbocycles. The van der Waals surface area contributed by atoms with Crippen molar-refractivity contribution in [2.75, 3.05) is 24.5 Å². The van der Waals surface area contributed by atoms with E-state index in [0.717, 1.165) is 24.7 Å². The predicted octanol–water partition coefficient (Wildman–Crippen LogP) is 3.47. The highest BCUT2D eigenvalue weighted by Gasteiger charge is 2.25. The van der Waals surface area contributed by atoms with Crippen molar-refractivity contribution >= 4 is 17.3 Å². The van der Waals surface area contributed by atoms with Gasteiger partial charge in [0.15, 0.2) is 0 Å². The summed E-state index contributed by atoms with van der Waals surface area (Å²) in [7, 11) is 0. The van der Waals surface area contributed by atoms with Crippen molar-refractivity contribution in [3.05, 3.63) is 28.8 Å². The lowest BCUT2D eigenvalue weighted by Gasteiger charge is -2.39. The van der Waals surface area contributed by atoms with E-state index < -0.39 is 0 Å². The third-order valence-corrected chi connectivity index (χ3v) is 4.35. The van der Waals surface area contributed by atoms with Crippen molar-refractivity contribution in [1.29, 1.82) is 0 Å². The summed E-state index contributed by atoms with van der Waals surface area (Å²) in [4.78, 5) is 2.44. The van der Waals surface area contributed by atoms with Crippen LogP contribution in [0.2, 0.25) is 5.02 Å². The molecular formula is C15H23ClN2. The number of rotatable bonds is 3. The fourth-order valence-corrected chi connectivity index (χ4v) is 3.01. The zero-order valence-electron chi connectivity index (χ0n) is 11.5. The minimum absolute atomic E-state index is 0.569. The monoisotopic (exact) mass is 266 g/mol. The van der Waals surface area contributed by atoms with Crippen LogP contribution < -0.4 is 10.2 Å². The van der Waals surface area contributed by atoms with E-state index in [9.17, 15) is 0 Å². The van der Waals surface area contributed by atoms with Crippen LogP contribution in [0.4, 0.5) is 5.69 Å². The molecule has 1 aromatic carbocycles. The lowest BCUT2D eigenvalue weighted by molar-refractivity contribution is 0.341. The maximum atomic E-state index is 6.36. The molecule has 1 fully saturated rings. The summed E-state index contributed by atoms with van der Waals surface area (Å²) in [5, 5.41) is 4.50. The Hall–Kier alpha value is -0.730. The van der Waals surface area contributed by atoms with E-state index in [0.29, 0.717) is 12.0 Å². The number of nitrogens with one attached hydrogen (secondary N) is 1. The fourth-order valence-electron chi connectivity index (χ4n) is 2.67. The first-order valence-corrected chi connectivity index (χ1v) is 7.24. The molecule has 1 heterocycles. The summed E-state index contributed by atoms with van der Waals surface area (Å²) in [6, 6.07) is 6.72. The van der Waals surface area contributed by atoms with Crippen LogP contribution in [0.1, 0.15) is 25.8 Å². The van der Waals surface area contributed by atoms with Crippen molar-refractivity contribution in [3.63, 3.8) is 0 Å². The molecule has 0 spiro atoms. The Morgan fingerprint density at radius 2 is 2.28 bits per heavy atom. The van der Waals surface area contributed by atoms with Crippen LogP contribution in [0.15, 0.2) is 18.2 Å². The Bertz CT molecular complexity index is 385. The second-order valence-electron chi connectivity index (χ2n) is 5.30. The standard InChI is InChI=1S/C15H23ClN2/c1-4-11(2)14-10-18(9-8-17-14)15-12(3)6-5-7-13(15)16/h5-7,11,14,17H,4,8-10H2,1-3H3. The van der Waals surface area contributed by atoms with Crippen LogP contribution in [0.3, 0.4) is 0 Å². The smallest absolute Gasteiger partial charge is 0.0642 e. The van der Waals surface area contributed by atoms with Gasteiger partial charge < -0.3 is 10.2 Å². The largest absolute Gasteiger partial charge is 0.367 e. The molecule has 100 valence electrons. The number of nitrogens with zero attached hydrogens (tertiary/aromatic N) is 1. The minimum atomic E-state index is 0.569. The lowest BCUT2D eigenvalue weighted by atomic mass is 9.96. The summed E-state index contributed by atoms with van der Waals surface area (Å²) >= 11 is 6.36. The van der Waals surface area contributed by atoms with Crippen molar-refractivity contribution in [3.8, 4) is 0 Å². The van der Waals surface area contributed by atoms with Gasteiger partial charge in [0.1, 0.15) is 0 Å². The third kappa shape index (κ3) is 2.81. The Kier molecular flexibility index (Phi) is 4.52. The number of benzene rings is 1. The molecule has 1 saturated heterocycles. The maximum absolute atomic E-state index is 6.36. The quantitative estimate of drug-likeness (QED) is 0.901. The Balaban J connectivity index is 2.18. The van der Waals surface area contributed by atoms with E-state index in [2.05, 4.69) is 37.1 Å². The molecular weight excluding hydrogens is 244 g/mol. The summed E-state index contributed by atoms with van der Waals surface area (Å²) in [5.74, 6) is 0.704. The first kappa shape index (κ1) is 13.7. The van der Waals surface area contributed by atoms with Gasteiger partial charge in [0, 0.05) is 25.7 Å². The van der Waals surface area contributed by atoms with Gasteiger partial charge in [0.25, 0.3) is 0 Å². The summed E-state index contributed by atoms with van der Waals surface area (Å²) in [6.45, 7) is 9.85. The molecule has 0 saturated carbocycles.